The molecule has 228 valence electrons. The standard InChI is InChI=1S/C30H39F6N3OS/c1-27(2,3)18-11-17(25(40)22(15-18)28(4,5)6)16-37-23-9-7-8-10-24(23)39-26(41)38-21-13-19(29(31,32)33)12-20(14-21)30(34,35)36/h11-15,23-24,37,40H,7-10,16H2,1-6H3,(H2,38,39,41)/t23-,24-/m1/s1. The Balaban J connectivity index is 1.78. The minimum atomic E-state index is -4.95. The molecule has 4 nitrogen and oxygen atoms in total. The van der Waals surface area contributed by atoms with Gasteiger partial charge in [-0.15, -0.1) is 0 Å². The van der Waals surface area contributed by atoms with E-state index < -0.39 is 29.2 Å². The Morgan fingerprint density at radius 2 is 1.32 bits per heavy atom. The van der Waals surface area contributed by atoms with E-state index in [0.29, 0.717) is 25.1 Å². The second-order valence-corrected chi connectivity index (χ2v) is 13.2. The van der Waals surface area contributed by atoms with Gasteiger partial charge in [0, 0.05) is 29.9 Å². The van der Waals surface area contributed by atoms with Crippen LogP contribution < -0.4 is 16.0 Å². The highest BCUT2D eigenvalue weighted by Crippen LogP contribution is 2.39. The molecule has 0 aliphatic heterocycles. The first-order valence-electron chi connectivity index (χ1n) is 13.6. The van der Waals surface area contributed by atoms with Crippen molar-refractivity contribution in [2.45, 2.75) is 109 Å². The Morgan fingerprint density at radius 1 is 0.780 bits per heavy atom. The molecule has 2 atom stereocenters. The maximum Gasteiger partial charge on any atom is 0.416 e. The molecular formula is C30H39F6N3OS. The van der Waals surface area contributed by atoms with Gasteiger partial charge in [0.25, 0.3) is 0 Å². The average Bonchev–Trinajstić information content (AvgIpc) is 2.81. The zero-order valence-electron chi connectivity index (χ0n) is 24.2. The lowest BCUT2D eigenvalue weighted by molar-refractivity contribution is -0.143. The molecule has 0 saturated heterocycles. The van der Waals surface area contributed by atoms with E-state index in [4.69, 9.17) is 12.2 Å². The first kappa shape index (κ1) is 33.0. The van der Waals surface area contributed by atoms with Crippen LogP contribution in [0.5, 0.6) is 5.75 Å². The lowest BCUT2D eigenvalue weighted by Gasteiger charge is -2.34. The van der Waals surface area contributed by atoms with Crippen LogP contribution in [-0.2, 0) is 29.7 Å². The third-order valence-electron chi connectivity index (χ3n) is 7.35. The van der Waals surface area contributed by atoms with Gasteiger partial charge >= 0.3 is 12.4 Å². The summed E-state index contributed by atoms with van der Waals surface area (Å²) in [5.41, 5.74) is -0.930. The third kappa shape index (κ3) is 8.73. The fraction of sp³-hybridized carbons (Fsp3) is 0.567. The van der Waals surface area contributed by atoms with Gasteiger partial charge in [-0.05, 0) is 65.2 Å². The number of hydrogen-bond donors (Lipinski definition) is 4. The van der Waals surface area contributed by atoms with Crippen molar-refractivity contribution in [1.29, 1.82) is 0 Å². The molecule has 1 aliphatic rings. The van der Waals surface area contributed by atoms with Crippen LogP contribution in [-0.4, -0.2) is 22.3 Å². The third-order valence-corrected chi connectivity index (χ3v) is 7.57. The number of rotatable bonds is 5. The van der Waals surface area contributed by atoms with Crippen LogP contribution in [0.4, 0.5) is 32.0 Å². The normalized spacial score (nSPS) is 18.7. The van der Waals surface area contributed by atoms with E-state index >= 15 is 0 Å². The SMILES string of the molecule is CC(C)(C)c1cc(CN[C@@H]2CCCC[C@H]2NC(=S)Nc2cc(C(F)(F)F)cc(C(F)(F)F)c2)c(O)c(C(C)(C)C)c1. The predicted octanol–water partition coefficient (Wildman–Crippen LogP) is 8.41. The molecule has 2 aromatic rings. The van der Waals surface area contributed by atoms with Crippen LogP contribution in [0.15, 0.2) is 30.3 Å². The zero-order valence-corrected chi connectivity index (χ0v) is 25.0. The fourth-order valence-electron chi connectivity index (χ4n) is 4.99. The topological polar surface area (TPSA) is 56.3 Å². The molecular weight excluding hydrogens is 564 g/mol. The van der Waals surface area contributed by atoms with Gasteiger partial charge in [0.15, 0.2) is 5.11 Å². The Hall–Kier alpha value is -2.53. The van der Waals surface area contributed by atoms with E-state index in [1.165, 1.54) is 0 Å². The van der Waals surface area contributed by atoms with Crippen molar-refractivity contribution < 1.29 is 31.4 Å². The van der Waals surface area contributed by atoms with Crippen LogP contribution in [0, 0.1) is 0 Å². The molecule has 41 heavy (non-hydrogen) atoms. The molecule has 1 saturated carbocycles. The Morgan fingerprint density at radius 3 is 1.80 bits per heavy atom. The highest BCUT2D eigenvalue weighted by molar-refractivity contribution is 7.80. The molecule has 2 aromatic carbocycles. The number of aromatic hydroxyl groups is 1. The average molecular weight is 604 g/mol. The van der Waals surface area contributed by atoms with Crippen molar-refractivity contribution in [3.05, 3.63) is 58.1 Å². The van der Waals surface area contributed by atoms with Crippen LogP contribution in [0.2, 0.25) is 0 Å². The summed E-state index contributed by atoms with van der Waals surface area (Å²) >= 11 is 5.31. The second kappa shape index (κ2) is 12.0. The molecule has 1 fully saturated rings. The summed E-state index contributed by atoms with van der Waals surface area (Å²) in [6.07, 6.45) is -6.58. The first-order chi connectivity index (χ1) is 18.7. The summed E-state index contributed by atoms with van der Waals surface area (Å²) in [5.74, 6) is 0.237. The zero-order chi connectivity index (χ0) is 31.0. The van der Waals surface area contributed by atoms with Crippen molar-refractivity contribution in [3.8, 4) is 5.75 Å². The van der Waals surface area contributed by atoms with Crippen molar-refractivity contribution in [1.82, 2.24) is 10.6 Å². The van der Waals surface area contributed by atoms with Gasteiger partial charge < -0.3 is 21.1 Å². The Bertz CT molecular complexity index is 1210. The molecule has 0 heterocycles. The van der Waals surface area contributed by atoms with E-state index in [0.717, 1.165) is 36.0 Å². The summed E-state index contributed by atoms with van der Waals surface area (Å²) in [4.78, 5) is 0. The molecule has 4 N–H and O–H groups in total. The summed E-state index contributed by atoms with van der Waals surface area (Å²) in [5, 5.41) is 20.2. The second-order valence-electron chi connectivity index (χ2n) is 12.8. The van der Waals surface area contributed by atoms with Gasteiger partial charge in [0.1, 0.15) is 5.75 Å². The molecule has 0 unspecified atom stereocenters. The lowest BCUT2D eigenvalue weighted by atomic mass is 9.79. The van der Waals surface area contributed by atoms with Crippen LogP contribution in [0.25, 0.3) is 0 Å². The number of benzene rings is 2. The maximum absolute atomic E-state index is 13.3. The number of nitrogens with one attached hydrogen (secondary N) is 3. The van der Waals surface area contributed by atoms with Crippen LogP contribution >= 0.6 is 12.2 Å². The maximum atomic E-state index is 13.3. The van der Waals surface area contributed by atoms with Gasteiger partial charge in [-0.2, -0.15) is 26.3 Å². The molecule has 0 aromatic heterocycles. The van der Waals surface area contributed by atoms with E-state index in [1.807, 2.05) is 32.9 Å². The lowest BCUT2D eigenvalue weighted by Crippen LogP contribution is -2.52. The number of halogens is 6. The van der Waals surface area contributed by atoms with Gasteiger partial charge in [-0.25, -0.2) is 0 Å². The van der Waals surface area contributed by atoms with Gasteiger partial charge in [-0.1, -0.05) is 66.5 Å². The number of thiocarbonyl (C=S) groups is 1. The molecule has 0 bridgehead atoms. The van der Waals surface area contributed by atoms with E-state index in [-0.39, 0.29) is 39.8 Å². The molecule has 11 heteroatoms. The molecule has 0 amide bonds. The van der Waals surface area contributed by atoms with Crippen molar-refractivity contribution in [2.75, 3.05) is 5.32 Å². The smallest absolute Gasteiger partial charge is 0.416 e. The summed E-state index contributed by atoms with van der Waals surface area (Å²) < 4.78 is 79.6. The first-order valence-corrected chi connectivity index (χ1v) is 14.0. The van der Waals surface area contributed by atoms with E-state index in [1.54, 1.807) is 0 Å². The number of hydrogen-bond acceptors (Lipinski definition) is 3. The molecule has 0 radical (unpaired) electrons. The van der Waals surface area contributed by atoms with Gasteiger partial charge in [-0.3, -0.25) is 0 Å². The summed E-state index contributed by atoms with van der Waals surface area (Å²) in [7, 11) is 0. The summed E-state index contributed by atoms with van der Waals surface area (Å²) in [6.45, 7) is 12.8. The minimum absolute atomic E-state index is 0.0660. The van der Waals surface area contributed by atoms with Crippen molar-refractivity contribution in [3.63, 3.8) is 0 Å². The van der Waals surface area contributed by atoms with Crippen LogP contribution in [0.3, 0.4) is 0 Å². The van der Waals surface area contributed by atoms with Gasteiger partial charge in [0.05, 0.1) is 11.1 Å². The van der Waals surface area contributed by atoms with Crippen molar-refractivity contribution >= 4 is 23.0 Å². The number of alkyl halides is 6. The summed E-state index contributed by atoms with van der Waals surface area (Å²) in [6, 6.07) is 5.04. The number of phenolic OH excluding ortho intramolecular Hbond substituents is 1. The quantitative estimate of drug-likeness (QED) is 0.204. The fourth-order valence-corrected chi connectivity index (χ4v) is 5.25. The molecule has 1 aliphatic carbocycles. The Labute approximate surface area is 243 Å². The Kier molecular flexibility index (Phi) is 9.64. The van der Waals surface area contributed by atoms with Crippen LogP contribution in [0.1, 0.15) is 95.0 Å². The van der Waals surface area contributed by atoms with Gasteiger partial charge in [0.2, 0.25) is 0 Å². The highest BCUT2D eigenvalue weighted by atomic mass is 32.1. The van der Waals surface area contributed by atoms with Crippen molar-refractivity contribution in [2.24, 2.45) is 0 Å². The number of phenols is 1. The predicted molar refractivity (Wildman–Crippen MR) is 154 cm³/mol. The largest absolute Gasteiger partial charge is 0.507 e. The highest BCUT2D eigenvalue weighted by Gasteiger charge is 2.37. The molecule has 3 rings (SSSR count). The minimum Gasteiger partial charge on any atom is -0.507 e. The molecule has 0 spiro atoms. The van der Waals surface area contributed by atoms with E-state index in [2.05, 4.69) is 36.7 Å². The number of anilines is 1. The monoisotopic (exact) mass is 603 g/mol. The van der Waals surface area contributed by atoms with E-state index in [9.17, 15) is 31.4 Å².